The van der Waals surface area contributed by atoms with Crippen molar-refractivity contribution in [1.82, 2.24) is 4.90 Å². The van der Waals surface area contributed by atoms with E-state index in [1.54, 1.807) is 0 Å². The number of alkyl halides is 3. The summed E-state index contributed by atoms with van der Waals surface area (Å²) in [6, 6.07) is 3.19. The fraction of sp³-hybridized carbons (Fsp3) is 0.538. The molecule has 1 aliphatic heterocycles. The second-order valence-corrected chi connectivity index (χ2v) is 4.87. The number of hydrogen-bond donors (Lipinski definition) is 1. The van der Waals surface area contributed by atoms with Crippen molar-refractivity contribution in [1.29, 1.82) is 0 Å². The second-order valence-electron chi connectivity index (χ2n) is 4.87. The maximum atomic E-state index is 12.6. The van der Waals surface area contributed by atoms with Crippen molar-refractivity contribution >= 4 is 5.69 Å². The molecule has 0 bridgehead atoms. The number of anilines is 1. The molecule has 6 heteroatoms. The van der Waals surface area contributed by atoms with Gasteiger partial charge in [-0.15, -0.1) is 0 Å². The molecule has 0 aliphatic carbocycles. The summed E-state index contributed by atoms with van der Waals surface area (Å²) in [5.74, 6) is 0.129. The summed E-state index contributed by atoms with van der Waals surface area (Å²) >= 11 is 0. The predicted octanol–water partition coefficient (Wildman–Crippen LogP) is 2.76. The van der Waals surface area contributed by atoms with Gasteiger partial charge < -0.3 is 15.4 Å². The van der Waals surface area contributed by atoms with E-state index in [2.05, 4.69) is 4.90 Å². The topological polar surface area (TPSA) is 38.5 Å². The Morgan fingerprint density at radius 2 is 1.89 bits per heavy atom. The average Bonchev–Trinajstić information content (AvgIpc) is 2.33. The lowest BCUT2D eigenvalue weighted by Gasteiger charge is -2.29. The molecule has 1 saturated heterocycles. The zero-order chi connectivity index (χ0) is 14.0. The SMILES string of the molecule is CN1CCC(Oc2cc(C(F)(F)F)ccc2N)CC1. The minimum absolute atomic E-state index is 0.0676. The van der Waals surface area contributed by atoms with Crippen LogP contribution < -0.4 is 10.5 Å². The number of likely N-dealkylation sites (tertiary alicyclic amines) is 1. The number of benzene rings is 1. The molecule has 2 rings (SSSR count). The molecular formula is C13H17F3N2O. The van der Waals surface area contributed by atoms with Crippen LogP contribution >= 0.6 is 0 Å². The van der Waals surface area contributed by atoms with E-state index in [0.717, 1.165) is 38.1 Å². The highest BCUT2D eigenvalue weighted by atomic mass is 19.4. The minimum Gasteiger partial charge on any atom is -0.488 e. The third-order valence-electron chi connectivity index (χ3n) is 3.30. The molecule has 1 aromatic carbocycles. The van der Waals surface area contributed by atoms with Gasteiger partial charge in [0, 0.05) is 13.1 Å². The number of rotatable bonds is 2. The van der Waals surface area contributed by atoms with Crippen LogP contribution in [0.25, 0.3) is 0 Å². The second kappa shape index (κ2) is 5.28. The van der Waals surface area contributed by atoms with Crippen LogP contribution in [0.4, 0.5) is 18.9 Å². The summed E-state index contributed by atoms with van der Waals surface area (Å²) in [5.41, 5.74) is 5.19. The summed E-state index contributed by atoms with van der Waals surface area (Å²) < 4.78 is 43.5. The number of nitrogens with two attached hydrogens (primary N) is 1. The number of piperidine rings is 1. The van der Waals surface area contributed by atoms with Crippen molar-refractivity contribution in [3.05, 3.63) is 23.8 Å². The summed E-state index contributed by atoms with van der Waals surface area (Å²) in [6.07, 6.45) is -2.85. The molecule has 0 radical (unpaired) electrons. The molecule has 2 N–H and O–H groups in total. The van der Waals surface area contributed by atoms with Crippen LogP contribution in [0.2, 0.25) is 0 Å². The Kier molecular flexibility index (Phi) is 3.89. The third kappa shape index (κ3) is 3.53. The smallest absolute Gasteiger partial charge is 0.416 e. The van der Waals surface area contributed by atoms with Crippen molar-refractivity contribution < 1.29 is 17.9 Å². The van der Waals surface area contributed by atoms with Gasteiger partial charge in [-0.25, -0.2) is 0 Å². The molecule has 1 heterocycles. The molecule has 0 atom stereocenters. The summed E-state index contributed by atoms with van der Waals surface area (Å²) in [6.45, 7) is 1.76. The molecule has 1 aliphatic rings. The molecule has 0 spiro atoms. The molecule has 3 nitrogen and oxygen atoms in total. The molecule has 19 heavy (non-hydrogen) atoms. The van der Waals surface area contributed by atoms with Gasteiger partial charge in [0.25, 0.3) is 0 Å². The summed E-state index contributed by atoms with van der Waals surface area (Å²) in [4.78, 5) is 2.16. The molecule has 0 aromatic heterocycles. The normalized spacial score (nSPS) is 18.5. The zero-order valence-corrected chi connectivity index (χ0v) is 10.7. The number of halogens is 3. The standard InChI is InChI=1S/C13H17F3N2O/c1-18-6-4-10(5-7-18)19-12-8-9(13(14,15)16)2-3-11(12)17/h2-3,8,10H,4-7,17H2,1H3. The van der Waals surface area contributed by atoms with E-state index < -0.39 is 11.7 Å². The number of nitrogen functional groups attached to an aromatic ring is 1. The maximum absolute atomic E-state index is 12.6. The average molecular weight is 274 g/mol. The highest BCUT2D eigenvalue weighted by Gasteiger charge is 2.31. The Labute approximate surface area is 110 Å². The molecule has 0 saturated carbocycles. The van der Waals surface area contributed by atoms with Gasteiger partial charge in [-0.1, -0.05) is 0 Å². The summed E-state index contributed by atoms with van der Waals surface area (Å²) in [7, 11) is 2.01. The fourth-order valence-corrected chi connectivity index (χ4v) is 2.10. The van der Waals surface area contributed by atoms with Gasteiger partial charge in [-0.3, -0.25) is 0 Å². The Morgan fingerprint density at radius 1 is 1.26 bits per heavy atom. The predicted molar refractivity (Wildman–Crippen MR) is 67.0 cm³/mol. The zero-order valence-electron chi connectivity index (χ0n) is 10.7. The van der Waals surface area contributed by atoms with E-state index in [1.165, 1.54) is 6.07 Å². The molecule has 1 aromatic rings. The van der Waals surface area contributed by atoms with Crippen LogP contribution in [0.5, 0.6) is 5.75 Å². The Hall–Kier alpha value is -1.43. The van der Waals surface area contributed by atoms with E-state index in [9.17, 15) is 13.2 Å². The molecule has 1 fully saturated rings. The van der Waals surface area contributed by atoms with Crippen molar-refractivity contribution in [2.45, 2.75) is 25.1 Å². The van der Waals surface area contributed by atoms with Gasteiger partial charge in [0.2, 0.25) is 0 Å². The van der Waals surface area contributed by atoms with Crippen LogP contribution in [0, 0.1) is 0 Å². The van der Waals surface area contributed by atoms with Gasteiger partial charge in [-0.05, 0) is 38.1 Å². The lowest BCUT2D eigenvalue weighted by atomic mass is 10.1. The van der Waals surface area contributed by atoms with Crippen LogP contribution in [0.15, 0.2) is 18.2 Å². The van der Waals surface area contributed by atoms with Gasteiger partial charge in [0.05, 0.1) is 11.3 Å². The maximum Gasteiger partial charge on any atom is 0.416 e. The molecule has 0 amide bonds. The Bertz CT molecular complexity index is 440. The number of nitrogens with zero attached hydrogens (tertiary/aromatic N) is 1. The third-order valence-corrected chi connectivity index (χ3v) is 3.30. The van der Waals surface area contributed by atoms with Crippen molar-refractivity contribution in [3.63, 3.8) is 0 Å². The first kappa shape index (κ1) is 14.0. The van der Waals surface area contributed by atoms with Crippen molar-refractivity contribution in [2.75, 3.05) is 25.9 Å². The van der Waals surface area contributed by atoms with Gasteiger partial charge in [-0.2, -0.15) is 13.2 Å². The van der Waals surface area contributed by atoms with Crippen LogP contribution in [0.1, 0.15) is 18.4 Å². The minimum atomic E-state index is -4.38. The highest BCUT2D eigenvalue weighted by Crippen LogP contribution is 2.35. The van der Waals surface area contributed by atoms with E-state index in [0.29, 0.717) is 0 Å². The van der Waals surface area contributed by atoms with E-state index in [-0.39, 0.29) is 17.5 Å². The Balaban J connectivity index is 2.11. The molecule has 0 unspecified atom stereocenters. The first-order chi connectivity index (χ1) is 8.86. The molecule has 106 valence electrons. The largest absolute Gasteiger partial charge is 0.488 e. The van der Waals surface area contributed by atoms with E-state index in [1.807, 2.05) is 7.05 Å². The quantitative estimate of drug-likeness (QED) is 0.843. The monoisotopic (exact) mass is 274 g/mol. The summed E-state index contributed by atoms with van der Waals surface area (Å²) in [5, 5.41) is 0. The number of hydrogen-bond acceptors (Lipinski definition) is 3. The van der Waals surface area contributed by atoms with E-state index >= 15 is 0 Å². The van der Waals surface area contributed by atoms with Gasteiger partial charge in [0.1, 0.15) is 11.9 Å². The van der Waals surface area contributed by atoms with Crippen LogP contribution in [-0.2, 0) is 6.18 Å². The first-order valence-electron chi connectivity index (χ1n) is 6.18. The fourth-order valence-electron chi connectivity index (χ4n) is 2.10. The highest BCUT2D eigenvalue weighted by molar-refractivity contribution is 5.54. The van der Waals surface area contributed by atoms with Gasteiger partial charge in [0.15, 0.2) is 0 Å². The number of ether oxygens (including phenoxy) is 1. The Morgan fingerprint density at radius 3 is 2.47 bits per heavy atom. The lowest BCUT2D eigenvalue weighted by Crippen LogP contribution is -2.35. The molecular weight excluding hydrogens is 257 g/mol. The van der Waals surface area contributed by atoms with Gasteiger partial charge >= 0.3 is 6.18 Å². The van der Waals surface area contributed by atoms with Crippen molar-refractivity contribution in [3.8, 4) is 5.75 Å². The van der Waals surface area contributed by atoms with Crippen LogP contribution in [-0.4, -0.2) is 31.1 Å². The van der Waals surface area contributed by atoms with Crippen LogP contribution in [0.3, 0.4) is 0 Å². The first-order valence-corrected chi connectivity index (χ1v) is 6.18. The lowest BCUT2D eigenvalue weighted by molar-refractivity contribution is -0.137. The van der Waals surface area contributed by atoms with E-state index in [4.69, 9.17) is 10.5 Å². The van der Waals surface area contributed by atoms with Crippen molar-refractivity contribution in [2.24, 2.45) is 0 Å².